The molecule has 0 saturated heterocycles. The lowest BCUT2D eigenvalue weighted by molar-refractivity contribution is 0.0992. The minimum absolute atomic E-state index is 0.214. The Kier molecular flexibility index (Phi) is 4.16. The van der Waals surface area contributed by atoms with Crippen LogP contribution in [-0.4, -0.2) is 5.78 Å². The zero-order valence-corrected chi connectivity index (χ0v) is 11.9. The number of rotatable bonds is 4. The van der Waals surface area contributed by atoms with E-state index in [0.717, 1.165) is 23.1 Å². The molecule has 2 aromatic rings. The molecule has 98 valence electrons. The number of ketones is 1. The molecular weight excluding hydrogens is 232 g/mol. The fourth-order valence-corrected chi connectivity index (χ4v) is 2.36. The van der Waals surface area contributed by atoms with Crippen molar-refractivity contribution in [2.24, 2.45) is 0 Å². The Hall–Kier alpha value is -1.89. The van der Waals surface area contributed by atoms with Crippen LogP contribution >= 0.6 is 0 Å². The summed E-state index contributed by atoms with van der Waals surface area (Å²) in [5.41, 5.74) is 5.53. The van der Waals surface area contributed by atoms with E-state index in [1.54, 1.807) is 0 Å². The summed E-state index contributed by atoms with van der Waals surface area (Å²) < 4.78 is 0. The number of hydrogen-bond donors (Lipinski definition) is 0. The van der Waals surface area contributed by atoms with Gasteiger partial charge in [0.05, 0.1) is 0 Å². The summed E-state index contributed by atoms with van der Waals surface area (Å²) >= 11 is 0. The molecule has 0 aliphatic carbocycles. The van der Waals surface area contributed by atoms with Gasteiger partial charge in [0, 0.05) is 12.0 Å². The first-order chi connectivity index (χ1) is 9.11. The summed E-state index contributed by atoms with van der Waals surface area (Å²) in [5, 5.41) is 0. The van der Waals surface area contributed by atoms with Crippen molar-refractivity contribution in [3.8, 4) is 0 Å². The highest BCUT2D eigenvalue weighted by Crippen LogP contribution is 2.16. The summed E-state index contributed by atoms with van der Waals surface area (Å²) in [6, 6.07) is 14.2. The molecule has 2 rings (SSSR count). The summed E-state index contributed by atoms with van der Waals surface area (Å²) in [6.45, 7) is 6.21. The summed E-state index contributed by atoms with van der Waals surface area (Å²) in [5.74, 6) is 0.214. The Labute approximate surface area is 115 Å². The molecule has 0 heterocycles. The summed E-state index contributed by atoms with van der Waals surface area (Å²) in [7, 11) is 0. The van der Waals surface area contributed by atoms with E-state index in [4.69, 9.17) is 0 Å². The van der Waals surface area contributed by atoms with E-state index in [1.807, 2.05) is 24.3 Å². The molecule has 19 heavy (non-hydrogen) atoms. The molecule has 0 atom stereocenters. The second-order valence-electron chi connectivity index (χ2n) is 5.04. The Morgan fingerprint density at radius 1 is 1.00 bits per heavy atom. The van der Waals surface area contributed by atoms with Crippen molar-refractivity contribution in [3.63, 3.8) is 0 Å². The lowest BCUT2D eigenvalue weighted by Crippen LogP contribution is -2.08. The fraction of sp³-hybridized carbons (Fsp3) is 0.278. The van der Waals surface area contributed by atoms with Gasteiger partial charge in [0.2, 0.25) is 0 Å². The SMILES string of the molecule is CCc1ccccc1C(=O)Cc1cc(C)ccc1C. The van der Waals surface area contributed by atoms with E-state index in [9.17, 15) is 4.79 Å². The Balaban J connectivity index is 2.28. The molecule has 0 bridgehead atoms. The number of carbonyl (C=O) groups is 1. The number of aryl methyl sites for hydroxylation is 3. The zero-order chi connectivity index (χ0) is 13.8. The van der Waals surface area contributed by atoms with Gasteiger partial charge in [-0.3, -0.25) is 4.79 Å². The Morgan fingerprint density at radius 2 is 1.74 bits per heavy atom. The number of benzene rings is 2. The summed E-state index contributed by atoms with van der Waals surface area (Å²) in [4.78, 5) is 12.5. The predicted molar refractivity (Wildman–Crippen MR) is 79.8 cm³/mol. The van der Waals surface area contributed by atoms with E-state index in [0.29, 0.717) is 6.42 Å². The average Bonchev–Trinajstić information content (AvgIpc) is 2.42. The molecule has 0 radical (unpaired) electrons. The van der Waals surface area contributed by atoms with Gasteiger partial charge in [0.1, 0.15) is 0 Å². The third-order valence-electron chi connectivity index (χ3n) is 3.55. The van der Waals surface area contributed by atoms with Gasteiger partial charge in [-0.15, -0.1) is 0 Å². The van der Waals surface area contributed by atoms with Crippen molar-refractivity contribution < 1.29 is 4.79 Å². The van der Waals surface area contributed by atoms with Crippen LogP contribution in [0.2, 0.25) is 0 Å². The number of Topliss-reactive ketones (excluding diaryl/α,β-unsaturated/α-hetero) is 1. The standard InChI is InChI=1S/C18H20O/c1-4-15-7-5-6-8-17(15)18(19)12-16-11-13(2)9-10-14(16)3/h5-11H,4,12H2,1-3H3. The van der Waals surface area contributed by atoms with Crippen molar-refractivity contribution in [3.05, 3.63) is 70.3 Å². The normalized spacial score (nSPS) is 10.5. The summed E-state index contributed by atoms with van der Waals surface area (Å²) in [6.07, 6.45) is 1.39. The van der Waals surface area contributed by atoms with E-state index in [1.165, 1.54) is 11.1 Å². The topological polar surface area (TPSA) is 17.1 Å². The van der Waals surface area contributed by atoms with Crippen molar-refractivity contribution in [1.82, 2.24) is 0 Å². The maximum atomic E-state index is 12.5. The van der Waals surface area contributed by atoms with Crippen LogP contribution in [0.4, 0.5) is 0 Å². The van der Waals surface area contributed by atoms with Gasteiger partial charge in [-0.2, -0.15) is 0 Å². The van der Waals surface area contributed by atoms with Crippen LogP contribution in [0, 0.1) is 13.8 Å². The fourth-order valence-electron chi connectivity index (χ4n) is 2.36. The molecule has 0 N–H and O–H groups in total. The van der Waals surface area contributed by atoms with Crippen LogP contribution in [-0.2, 0) is 12.8 Å². The third kappa shape index (κ3) is 3.11. The number of hydrogen-bond acceptors (Lipinski definition) is 1. The number of carbonyl (C=O) groups excluding carboxylic acids is 1. The van der Waals surface area contributed by atoms with E-state index < -0.39 is 0 Å². The Bertz CT molecular complexity index is 596. The minimum Gasteiger partial charge on any atom is -0.294 e. The van der Waals surface area contributed by atoms with Gasteiger partial charge in [-0.1, -0.05) is 55.0 Å². The second kappa shape index (κ2) is 5.83. The predicted octanol–water partition coefficient (Wildman–Crippen LogP) is 4.29. The molecule has 0 spiro atoms. The molecule has 0 fully saturated rings. The molecule has 1 heteroatoms. The van der Waals surface area contributed by atoms with Gasteiger partial charge in [0.15, 0.2) is 5.78 Å². The maximum absolute atomic E-state index is 12.5. The monoisotopic (exact) mass is 252 g/mol. The van der Waals surface area contributed by atoms with Gasteiger partial charge in [-0.05, 0) is 37.0 Å². The second-order valence-corrected chi connectivity index (χ2v) is 5.04. The van der Waals surface area contributed by atoms with Crippen molar-refractivity contribution >= 4 is 5.78 Å². The molecule has 0 aliphatic rings. The molecule has 0 unspecified atom stereocenters. The molecule has 0 saturated carbocycles. The van der Waals surface area contributed by atoms with Crippen LogP contribution in [0.15, 0.2) is 42.5 Å². The van der Waals surface area contributed by atoms with E-state index >= 15 is 0 Å². The molecule has 2 aromatic carbocycles. The van der Waals surface area contributed by atoms with Gasteiger partial charge >= 0.3 is 0 Å². The Morgan fingerprint density at radius 3 is 2.47 bits per heavy atom. The molecule has 0 aliphatic heterocycles. The highest BCUT2D eigenvalue weighted by molar-refractivity contribution is 5.99. The third-order valence-corrected chi connectivity index (χ3v) is 3.55. The molecule has 0 aromatic heterocycles. The van der Waals surface area contributed by atoms with Crippen LogP contribution < -0.4 is 0 Å². The van der Waals surface area contributed by atoms with Crippen molar-refractivity contribution in [2.75, 3.05) is 0 Å². The van der Waals surface area contributed by atoms with E-state index in [-0.39, 0.29) is 5.78 Å². The smallest absolute Gasteiger partial charge is 0.167 e. The van der Waals surface area contributed by atoms with Crippen molar-refractivity contribution in [2.45, 2.75) is 33.6 Å². The van der Waals surface area contributed by atoms with Crippen LogP contribution in [0.25, 0.3) is 0 Å². The van der Waals surface area contributed by atoms with E-state index in [2.05, 4.69) is 39.0 Å². The van der Waals surface area contributed by atoms with Crippen molar-refractivity contribution in [1.29, 1.82) is 0 Å². The van der Waals surface area contributed by atoms with Gasteiger partial charge in [0.25, 0.3) is 0 Å². The zero-order valence-electron chi connectivity index (χ0n) is 11.9. The quantitative estimate of drug-likeness (QED) is 0.742. The van der Waals surface area contributed by atoms with Gasteiger partial charge < -0.3 is 0 Å². The van der Waals surface area contributed by atoms with Crippen LogP contribution in [0.3, 0.4) is 0 Å². The highest BCUT2D eigenvalue weighted by atomic mass is 16.1. The van der Waals surface area contributed by atoms with Crippen LogP contribution in [0.5, 0.6) is 0 Å². The highest BCUT2D eigenvalue weighted by Gasteiger charge is 2.11. The molecule has 1 nitrogen and oxygen atoms in total. The van der Waals surface area contributed by atoms with Gasteiger partial charge in [-0.25, -0.2) is 0 Å². The lowest BCUT2D eigenvalue weighted by atomic mass is 9.94. The largest absolute Gasteiger partial charge is 0.294 e. The molecule has 0 amide bonds. The van der Waals surface area contributed by atoms with Crippen LogP contribution in [0.1, 0.15) is 39.5 Å². The molecular formula is C18H20O. The lowest BCUT2D eigenvalue weighted by Gasteiger charge is -2.09. The first-order valence-electron chi connectivity index (χ1n) is 6.79. The maximum Gasteiger partial charge on any atom is 0.167 e. The first kappa shape index (κ1) is 13.5. The average molecular weight is 252 g/mol. The minimum atomic E-state index is 0.214. The first-order valence-corrected chi connectivity index (χ1v) is 6.79.